The molecular weight excluding hydrogens is 258 g/mol. The van der Waals surface area contributed by atoms with E-state index < -0.39 is 0 Å². The molecule has 1 aromatic carbocycles. The van der Waals surface area contributed by atoms with Crippen LogP contribution in [0.1, 0.15) is 22.8 Å². The summed E-state index contributed by atoms with van der Waals surface area (Å²) in [6.07, 6.45) is -0.404. The molecule has 0 aromatic heterocycles. The summed E-state index contributed by atoms with van der Waals surface area (Å²) in [6, 6.07) is 5.54. The number of aliphatic hydroxyl groups is 1. The maximum atomic E-state index is 12.6. The lowest BCUT2D eigenvalue weighted by Gasteiger charge is -2.36. The van der Waals surface area contributed by atoms with Gasteiger partial charge < -0.3 is 19.5 Å². The Hall–Kier alpha value is -1.59. The number of morpholine rings is 1. The number of amides is 1. The average molecular weight is 279 g/mol. The first-order chi connectivity index (χ1) is 9.55. The number of rotatable bonds is 3. The van der Waals surface area contributed by atoms with Crippen LogP contribution >= 0.6 is 0 Å². The zero-order valence-electron chi connectivity index (χ0n) is 12.1. The molecule has 5 nitrogen and oxygen atoms in total. The largest absolute Gasteiger partial charge is 0.496 e. The highest BCUT2D eigenvalue weighted by molar-refractivity contribution is 5.97. The van der Waals surface area contributed by atoms with Crippen LogP contribution in [0.5, 0.6) is 5.75 Å². The van der Waals surface area contributed by atoms with Crippen molar-refractivity contribution in [3.05, 3.63) is 29.3 Å². The average Bonchev–Trinajstić information content (AvgIpc) is 2.45. The molecule has 2 atom stereocenters. The first-order valence-corrected chi connectivity index (χ1v) is 6.75. The van der Waals surface area contributed by atoms with E-state index in [1.807, 2.05) is 26.0 Å². The SMILES string of the molecule is COc1ccc(C)cc1C(=O)N1CC(C)OC(CO)C1. The molecule has 2 rings (SSSR count). The lowest BCUT2D eigenvalue weighted by atomic mass is 10.1. The van der Waals surface area contributed by atoms with Crippen molar-refractivity contribution >= 4 is 5.91 Å². The number of carbonyl (C=O) groups excluding carboxylic acids is 1. The van der Waals surface area contributed by atoms with Crippen molar-refractivity contribution < 1.29 is 19.4 Å². The minimum absolute atomic E-state index is 0.0827. The van der Waals surface area contributed by atoms with Gasteiger partial charge in [0.2, 0.25) is 0 Å². The minimum Gasteiger partial charge on any atom is -0.496 e. The summed E-state index contributed by atoms with van der Waals surface area (Å²) in [5.74, 6) is 0.486. The Morgan fingerprint density at radius 1 is 1.50 bits per heavy atom. The van der Waals surface area contributed by atoms with Crippen molar-refractivity contribution in [3.63, 3.8) is 0 Å². The molecule has 1 fully saturated rings. The second kappa shape index (κ2) is 6.24. The van der Waals surface area contributed by atoms with Crippen LogP contribution in [-0.2, 0) is 4.74 Å². The fraction of sp³-hybridized carbons (Fsp3) is 0.533. The van der Waals surface area contributed by atoms with E-state index in [0.717, 1.165) is 5.56 Å². The number of ether oxygens (including phenoxy) is 2. The predicted molar refractivity (Wildman–Crippen MR) is 75.1 cm³/mol. The van der Waals surface area contributed by atoms with E-state index in [2.05, 4.69) is 0 Å². The summed E-state index contributed by atoms with van der Waals surface area (Å²) in [5.41, 5.74) is 1.56. The van der Waals surface area contributed by atoms with Crippen molar-refractivity contribution in [2.45, 2.75) is 26.1 Å². The van der Waals surface area contributed by atoms with E-state index >= 15 is 0 Å². The maximum Gasteiger partial charge on any atom is 0.257 e. The fourth-order valence-corrected chi connectivity index (χ4v) is 2.47. The standard InChI is InChI=1S/C15H21NO4/c1-10-4-5-14(19-3)13(6-10)15(18)16-7-11(2)20-12(8-16)9-17/h4-6,11-12,17H,7-9H2,1-3H3. The molecule has 1 N–H and O–H groups in total. The molecule has 1 heterocycles. The molecule has 1 aliphatic rings. The highest BCUT2D eigenvalue weighted by atomic mass is 16.5. The second-order valence-corrected chi connectivity index (χ2v) is 5.17. The van der Waals surface area contributed by atoms with Gasteiger partial charge in [0.25, 0.3) is 5.91 Å². The van der Waals surface area contributed by atoms with Crippen LogP contribution in [0.15, 0.2) is 18.2 Å². The number of methoxy groups -OCH3 is 1. The number of nitrogens with zero attached hydrogens (tertiary/aromatic N) is 1. The van der Waals surface area contributed by atoms with Gasteiger partial charge in [-0.1, -0.05) is 11.6 Å². The van der Waals surface area contributed by atoms with E-state index in [-0.39, 0.29) is 24.7 Å². The van der Waals surface area contributed by atoms with Crippen LogP contribution in [0.25, 0.3) is 0 Å². The van der Waals surface area contributed by atoms with Gasteiger partial charge in [0.05, 0.1) is 31.5 Å². The highest BCUT2D eigenvalue weighted by Gasteiger charge is 2.29. The number of carbonyl (C=O) groups is 1. The topological polar surface area (TPSA) is 59.0 Å². The quantitative estimate of drug-likeness (QED) is 0.904. The molecule has 0 aliphatic carbocycles. The molecule has 1 saturated heterocycles. The Morgan fingerprint density at radius 2 is 2.25 bits per heavy atom. The van der Waals surface area contributed by atoms with Crippen LogP contribution in [0.2, 0.25) is 0 Å². The Balaban J connectivity index is 2.24. The van der Waals surface area contributed by atoms with Gasteiger partial charge in [0, 0.05) is 13.1 Å². The lowest BCUT2D eigenvalue weighted by molar-refractivity contribution is -0.0859. The molecule has 2 unspecified atom stereocenters. The third-order valence-electron chi connectivity index (χ3n) is 3.40. The van der Waals surface area contributed by atoms with Crippen LogP contribution in [0.4, 0.5) is 0 Å². The predicted octanol–water partition coefficient (Wildman–Crippen LogP) is 1.23. The minimum atomic E-state index is -0.321. The molecule has 1 amide bonds. The summed E-state index contributed by atoms with van der Waals surface area (Å²) in [5, 5.41) is 9.24. The number of hydrogen-bond acceptors (Lipinski definition) is 4. The van der Waals surface area contributed by atoms with Gasteiger partial charge in [-0.25, -0.2) is 0 Å². The Bertz CT molecular complexity index is 489. The van der Waals surface area contributed by atoms with Gasteiger partial charge >= 0.3 is 0 Å². The third-order valence-corrected chi connectivity index (χ3v) is 3.40. The molecule has 20 heavy (non-hydrogen) atoms. The van der Waals surface area contributed by atoms with Crippen molar-refractivity contribution in [2.24, 2.45) is 0 Å². The molecule has 0 saturated carbocycles. The molecule has 110 valence electrons. The third kappa shape index (κ3) is 3.11. The Morgan fingerprint density at radius 3 is 2.90 bits per heavy atom. The van der Waals surface area contributed by atoms with Gasteiger partial charge in [-0.05, 0) is 26.0 Å². The van der Waals surface area contributed by atoms with Crippen LogP contribution in [0, 0.1) is 6.92 Å². The molecule has 1 aromatic rings. The molecular formula is C15H21NO4. The summed E-state index contributed by atoms with van der Waals surface area (Å²) in [7, 11) is 1.56. The summed E-state index contributed by atoms with van der Waals surface area (Å²) >= 11 is 0. The molecule has 0 radical (unpaired) electrons. The van der Waals surface area contributed by atoms with Crippen molar-refractivity contribution in [1.29, 1.82) is 0 Å². The summed E-state index contributed by atoms with van der Waals surface area (Å²) in [4.78, 5) is 14.4. The molecule has 0 bridgehead atoms. The number of hydrogen-bond donors (Lipinski definition) is 1. The van der Waals surface area contributed by atoms with Gasteiger partial charge in [-0.3, -0.25) is 4.79 Å². The number of aliphatic hydroxyl groups excluding tert-OH is 1. The van der Waals surface area contributed by atoms with Crippen molar-refractivity contribution in [1.82, 2.24) is 4.90 Å². The monoisotopic (exact) mass is 279 g/mol. The summed E-state index contributed by atoms with van der Waals surface area (Å²) < 4.78 is 10.8. The zero-order chi connectivity index (χ0) is 14.7. The smallest absolute Gasteiger partial charge is 0.257 e. The molecule has 5 heteroatoms. The van der Waals surface area contributed by atoms with Crippen molar-refractivity contribution in [3.8, 4) is 5.75 Å². The molecule has 0 spiro atoms. The number of benzene rings is 1. The highest BCUT2D eigenvalue weighted by Crippen LogP contribution is 2.23. The zero-order valence-corrected chi connectivity index (χ0v) is 12.1. The lowest BCUT2D eigenvalue weighted by Crippen LogP contribution is -2.50. The Kier molecular flexibility index (Phi) is 4.62. The molecule has 1 aliphatic heterocycles. The van der Waals surface area contributed by atoms with E-state index in [9.17, 15) is 9.90 Å². The number of aryl methyl sites for hydroxylation is 1. The van der Waals surface area contributed by atoms with Gasteiger partial charge in [0.15, 0.2) is 0 Å². The van der Waals surface area contributed by atoms with Crippen molar-refractivity contribution in [2.75, 3.05) is 26.8 Å². The second-order valence-electron chi connectivity index (χ2n) is 5.17. The van der Waals surface area contributed by atoms with Gasteiger partial charge in [-0.2, -0.15) is 0 Å². The van der Waals surface area contributed by atoms with E-state index in [1.165, 1.54) is 0 Å². The first-order valence-electron chi connectivity index (χ1n) is 6.75. The normalized spacial score (nSPS) is 22.7. The first kappa shape index (κ1) is 14.8. The van der Waals surface area contributed by atoms with E-state index in [4.69, 9.17) is 9.47 Å². The van der Waals surface area contributed by atoms with Crippen LogP contribution in [0.3, 0.4) is 0 Å². The van der Waals surface area contributed by atoms with Gasteiger partial charge in [-0.15, -0.1) is 0 Å². The Labute approximate surface area is 119 Å². The van der Waals surface area contributed by atoms with Gasteiger partial charge in [0.1, 0.15) is 5.75 Å². The fourth-order valence-electron chi connectivity index (χ4n) is 2.47. The van der Waals surface area contributed by atoms with Crippen LogP contribution < -0.4 is 4.74 Å². The maximum absolute atomic E-state index is 12.6. The summed E-state index contributed by atoms with van der Waals surface area (Å²) in [6.45, 7) is 4.67. The van der Waals surface area contributed by atoms with Crippen LogP contribution in [-0.4, -0.2) is 54.9 Å². The van der Waals surface area contributed by atoms with E-state index in [1.54, 1.807) is 18.1 Å². The van der Waals surface area contributed by atoms with E-state index in [0.29, 0.717) is 24.4 Å².